The first kappa shape index (κ1) is 16.8. The average molecular weight is 349 g/mol. The fraction of sp³-hybridized carbons (Fsp3) is 0.381. The van der Waals surface area contributed by atoms with Crippen LogP contribution in [0, 0.1) is 19.3 Å². The molecule has 5 nitrogen and oxygen atoms in total. The highest BCUT2D eigenvalue weighted by atomic mass is 16.2. The Hall–Kier alpha value is -2.69. The second-order valence-electron chi connectivity index (χ2n) is 7.72. The van der Waals surface area contributed by atoms with E-state index in [0.717, 1.165) is 17.7 Å². The van der Waals surface area contributed by atoms with Gasteiger partial charge in [-0.1, -0.05) is 17.7 Å². The molecule has 1 spiro atoms. The van der Waals surface area contributed by atoms with Gasteiger partial charge in [0.1, 0.15) is 0 Å². The van der Waals surface area contributed by atoms with Crippen LogP contribution in [-0.4, -0.2) is 41.3 Å². The minimum Gasteiger partial charge on any atom is -0.338 e. The van der Waals surface area contributed by atoms with E-state index in [2.05, 4.69) is 4.98 Å². The molecular weight excluding hydrogens is 326 g/mol. The van der Waals surface area contributed by atoms with Crippen LogP contribution in [0.4, 0.5) is 5.69 Å². The van der Waals surface area contributed by atoms with Crippen molar-refractivity contribution in [3.8, 4) is 0 Å². The summed E-state index contributed by atoms with van der Waals surface area (Å²) in [6.07, 6.45) is 4.75. The first-order chi connectivity index (χ1) is 12.5. The van der Waals surface area contributed by atoms with Gasteiger partial charge in [0.25, 0.3) is 5.91 Å². The van der Waals surface area contributed by atoms with Crippen LogP contribution in [-0.2, 0) is 4.79 Å². The second-order valence-corrected chi connectivity index (χ2v) is 7.72. The van der Waals surface area contributed by atoms with E-state index in [0.29, 0.717) is 31.6 Å². The number of nitrogens with zero attached hydrogens (tertiary/aromatic N) is 3. The van der Waals surface area contributed by atoms with E-state index >= 15 is 0 Å². The zero-order chi connectivity index (χ0) is 18.3. The van der Waals surface area contributed by atoms with Crippen LogP contribution in [0.1, 0.15) is 34.3 Å². The fourth-order valence-corrected chi connectivity index (χ4v) is 4.09. The molecule has 0 aliphatic carbocycles. The monoisotopic (exact) mass is 349 g/mol. The lowest BCUT2D eigenvalue weighted by atomic mass is 9.86. The number of rotatable bonds is 2. The Morgan fingerprint density at radius 3 is 2.58 bits per heavy atom. The Kier molecular flexibility index (Phi) is 4.02. The van der Waals surface area contributed by atoms with E-state index < -0.39 is 0 Å². The highest BCUT2D eigenvalue weighted by Gasteiger charge is 2.48. The van der Waals surface area contributed by atoms with Crippen molar-refractivity contribution >= 4 is 17.5 Å². The number of carbonyl (C=O) groups excluding carboxylic acids is 2. The van der Waals surface area contributed by atoms with Crippen LogP contribution in [0.2, 0.25) is 0 Å². The van der Waals surface area contributed by atoms with Gasteiger partial charge < -0.3 is 9.80 Å². The minimum absolute atomic E-state index is 0.0132. The van der Waals surface area contributed by atoms with Gasteiger partial charge in [0.2, 0.25) is 5.91 Å². The summed E-state index contributed by atoms with van der Waals surface area (Å²) < 4.78 is 0. The number of hydrogen-bond acceptors (Lipinski definition) is 3. The smallest absolute Gasteiger partial charge is 0.255 e. The maximum absolute atomic E-state index is 12.8. The molecule has 1 aromatic carbocycles. The largest absolute Gasteiger partial charge is 0.338 e. The normalized spacial score (nSPS) is 22.5. The summed E-state index contributed by atoms with van der Waals surface area (Å²) >= 11 is 0. The number of hydrogen-bond donors (Lipinski definition) is 0. The summed E-state index contributed by atoms with van der Waals surface area (Å²) in [4.78, 5) is 33.3. The van der Waals surface area contributed by atoms with Gasteiger partial charge in [-0.15, -0.1) is 0 Å². The predicted octanol–water partition coefficient (Wildman–Crippen LogP) is 2.97. The molecule has 3 heterocycles. The maximum Gasteiger partial charge on any atom is 0.255 e. The third kappa shape index (κ3) is 2.98. The number of aromatic nitrogens is 1. The van der Waals surface area contributed by atoms with E-state index in [-0.39, 0.29) is 17.2 Å². The van der Waals surface area contributed by atoms with Gasteiger partial charge in [0, 0.05) is 49.6 Å². The Morgan fingerprint density at radius 2 is 1.85 bits per heavy atom. The van der Waals surface area contributed by atoms with Crippen LogP contribution < -0.4 is 4.90 Å². The third-order valence-electron chi connectivity index (χ3n) is 5.51. The third-order valence-corrected chi connectivity index (χ3v) is 5.51. The Balaban J connectivity index is 1.50. The van der Waals surface area contributed by atoms with Gasteiger partial charge >= 0.3 is 0 Å². The quantitative estimate of drug-likeness (QED) is 0.838. The Labute approximate surface area is 153 Å². The van der Waals surface area contributed by atoms with E-state index in [1.807, 2.05) is 54.0 Å². The molecule has 2 amide bonds. The van der Waals surface area contributed by atoms with Gasteiger partial charge in [-0.25, -0.2) is 0 Å². The predicted molar refractivity (Wildman–Crippen MR) is 100 cm³/mol. The number of anilines is 1. The van der Waals surface area contributed by atoms with Crippen LogP contribution in [0.3, 0.4) is 0 Å². The number of pyridine rings is 1. The Bertz CT molecular complexity index is 862. The van der Waals surface area contributed by atoms with Crippen molar-refractivity contribution in [2.75, 3.05) is 24.5 Å². The highest BCUT2D eigenvalue weighted by Crippen LogP contribution is 2.42. The summed E-state index contributed by atoms with van der Waals surface area (Å²) in [5.41, 5.74) is 3.60. The van der Waals surface area contributed by atoms with Gasteiger partial charge in [0.05, 0.1) is 5.56 Å². The van der Waals surface area contributed by atoms with Gasteiger partial charge in [0.15, 0.2) is 0 Å². The molecule has 4 rings (SSSR count). The number of carbonyl (C=O) groups is 2. The molecule has 2 aliphatic rings. The molecule has 0 N–H and O–H groups in total. The molecule has 2 aromatic rings. The van der Waals surface area contributed by atoms with Crippen molar-refractivity contribution in [2.24, 2.45) is 5.41 Å². The molecule has 0 radical (unpaired) electrons. The minimum atomic E-state index is -0.130. The van der Waals surface area contributed by atoms with E-state index in [1.54, 1.807) is 12.4 Å². The molecule has 1 atom stereocenters. The summed E-state index contributed by atoms with van der Waals surface area (Å²) in [6, 6.07) is 9.94. The average Bonchev–Trinajstić information content (AvgIpc) is 3.18. The topological polar surface area (TPSA) is 53.5 Å². The summed E-state index contributed by atoms with van der Waals surface area (Å²) in [6.45, 7) is 5.99. The van der Waals surface area contributed by atoms with Gasteiger partial charge in [-0.2, -0.15) is 0 Å². The highest BCUT2D eigenvalue weighted by molar-refractivity contribution is 5.97. The van der Waals surface area contributed by atoms with Crippen molar-refractivity contribution in [2.45, 2.75) is 26.7 Å². The number of aryl methyl sites for hydroxylation is 2. The van der Waals surface area contributed by atoms with Crippen LogP contribution in [0.15, 0.2) is 42.7 Å². The van der Waals surface area contributed by atoms with Crippen molar-refractivity contribution in [1.29, 1.82) is 0 Å². The zero-order valence-corrected chi connectivity index (χ0v) is 15.2. The standard InChI is InChI=1S/C21H23N3O2/c1-15-3-5-18(6-4-15)24-14-21(10-19(24)25)7-8-23(13-21)20(26)17-9-16(2)11-22-12-17/h3-6,9,11-12H,7-8,10,13-14H2,1-2H3. The van der Waals surface area contributed by atoms with Crippen molar-refractivity contribution in [1.82, 2.24) is 9.88 Å². The van der Waals surface area contributed by atoms with Crippen LogP contribution in [0.25, 0.3) is 0 Å². The first-order valence-electron chi connectivity index (χ1n) is 9.04. The molecule has 2 saturated heterocycles. The molecule has 2 aliphatic heterocycles. The molecule has 1 aromatic heterocycles. The molecular formula is C21H23N3O2. The lowest BCUT2D eigenvalue weighted by molar-refractivity contribution is -0.117. The van der Waals surface area contributed by atoms with E-state index in [1.165, 1.54) is 5.56 Å². The van der Waals surface area contributed by atoms with Crippen molar-refractivity contribution in [3.05, 3.63) is 59.4 Å². The molecule has 0 saturated carbocycles. The van der Waals surface area contributed by atoms with Crippen molar-refractivity contribution < 1.29 is 9.59 Å². The molecule has 5 heteroatoms. The zero-order valence-electron chi connectivity index (χ0n) is 15.2. The van der Waals surface area contributed by atoms with Crippen LogP contribution >= 0.6 is 0 Å². The van der Waals surface area contributed by atoms with Crippen molar-refractivity contribution in [3.63, 3.8) is 0 Å². The van der Waals surface area contributed by atoms with Crippen LogP contribution in [0.5, 0.6) is 0 Å². The number of likely N-dealkylation sites (tertiary alicyclic amines) is 1. The lowest BCUT2D eigenvalue weighted by Crippen LogP contribution is -2.34. The SMILES string of the molecule is Cc1ccc(N2CC3(CCN(C(=O)c4cncc(C)c4)C3)CC2=O)cc1. The number of amides is 2. The molecule has 26 heavy (non-hydrogen) atoms. The lowest BCUT2D eigenvalue weighted by Gasteiger charge is -2.24. The first-order valence-corrected chi connectivity index (χ1v) is 9.04. The summed E-state index contributed by atoms with van der Waals surface area (Å²) in [5, 5.41) is 0. The van der Waals surface area contributed by atoms with E-state index in [4.69, 9.17) is 0 Å². The maximum atomic E-state index is 12.8. The van der Waals surface area contributed by atoms with Gasteiger partial charge in [-0.3, -0.25) is 14.6 Å². The number of benzene rings is 1. The van der Waals surface area contributed by atoms with E-state index in [9.17, 15) is 9.59 Å². The molecule has 1 unspecified atom stereocenters. The molecule has 0 bridgehead atoms. The molecule has 134 valence electrons. The molecule has 2 fully saturated rings. The van der Waals surface area contributed by atoms with Gasteiger partial charge in [-0.05, 0) is 44.0 Å². The Morgan fingerprint density at radius 1 is 1.08 bits per heavy atom. The fourth-order valence-electron chi connectivity index (χ4n) is 4.09. The second kappa shape index (κ2) is 6.24. The summed E-state index contributed by atoms with van der Waals surface area (Å²) in [5.74, 6) is 0.166. The summed E-state index contributed by atoms with van der Waals surface area (Å²) in [7, 11) is 0.